The minimum atomic E-state index is -0.830. The van der Waals surface area contributed by atoms with E-state index in [1.54, 1.807) is 5.12 Å². The van der Waals surface area contributed by atoms with E-state index in [0.717, 1.165) is 30.4 Å². The maximum Gasteiger partial charge on any atom is 0.260 e. The van der Waals surface area contributed by atoms with Crippen LogP contribution in [0.3, 0.4) is 0 Å². The Morgan fingerprint density at radius 3 is 2.69 bits per heavy atom. The third-order valence-electron chi connectivity index (χ3n) is 5.79. The Hall–Kier alpha value is -2.65. The number of rotatable bonds is 7. The molecule has 32 heavy (non-hydrogen) atoms. The lowest BCUT2D eigenvalue weighted by atomic mass is 9.96. The first kappa shape index (κ1) is 21.2. The fourth-order valence-electron chi connectivity index (χ4n) is 4.20. The number of carbonyl (C=O) groups excluding carboxylic acids is 1. The molecule has 8 nitrogen and oxygen atoms in total. The van der Waals surface area contributed by atoms with Crippen LogP contribution >= 0.6 is 11.6 Å². The van der Waals surface area contributed by atoms with Crippen molar-refractivity contribution in [1.82, 2.24) is 15.0 Å². The normalized spacial score (nSPS) is 24.8. The van der Waals surface area contributed by atoms with Gasteiger partial charge in [0.15, 0.2) is 12.5 Å². The lowest BCUT2D eigenvalue weighted by molar-refractivity contribution is -0.218. The summed E-state index contributed by atoms with van der Waals surface area (Å²) in [6.07, 6.45) is 0.375. The van der Waals surface area contributed by atoms with Gasteiger partial charge in [0.1, 0.15) is 5.75 Å². The van der Waals surface area contributed by atoms with Gasteiger partial charge in [0, 0.05) is 38.2 Å². The highest BCUT2D eigenvalue weighted by Crippen LogP contribution is 2.33. The minimum Gasteiger partial charge on any atom is -0.472 e. The highest BCUT2D eigenvalue weighted by atomic mass is 35.5. The topological polar surface area (TPSA) is 77.8 Å². The number of aliphatic hydroxyl groups is 1. The average Bonchev–Trinajstić information content (AvgIpc) is 3.15. The molecular weight excluding hydrogens is 432 g/mol. The van der Waals surface area contributed by atoms with Gasteiger partial charge < -0.3 is 14.6 Å². The molecule has 3 aliphatic heterocycles. The maximum absolute atomic E-state index is 11.6. The van der Waals surface area contributed by atoms with Gasteiger partial charge in [-0.1, -0.05) is 35.9 Å². The summed E-state index contributed by atoms with van der Waals surface area (Å²) in [4.78, 5) is 13.8. The summed E-state index contributed by atoms with van der Waals surface area (Å²) >= 11 is 6.49. The molecule has 2 aromatic carbocycles. The van der Waals surface area contributed by atoms with E-state index in [9.17, 15) is 9.90 Å². The fraction of sp³-hybridized carbons (Fsp3) is 0.391. The largest absolute Gasteiger partial charge is 0.472 e. The molecule has 0 aliphatic carbocycles. The van der Waals surface area contributed by atoms with Gasteiger partial charge in [-0.2, -0.15) is 10.1 Å². The number of likely N-dealkylation sites (tertiary alicyclic amines) is 1. The van der Waals surface area contributed by atoms with Crippen molar-refractivity contribution >= 4 is 23.8 Å². The molecule has 2 aromatic rings. The van der Waals surface area contributed by atoms with Gasteiger partial charge in [0.2, 0.25) is 5.90 Å². The second-order valence-corrected chi connectivity index (χ2v) is 9.07. The quantitative estimate of drug-likeness (QED) is 0.641. The molecule has 5 rings (SSSR count). The Morgan fingerprint density at radius 2 is 2.06 bits per heavy atom. The lowest BCUT2D eigenvalue weighted by Gasteiger charge is -2.44. The Labute approximate surface area is 191 Å². The summed E-state index contributed by atoms with van der Waals surface area (Å²) in [5.41, 5.74) is 1.28. The molecule has 0 bridgehead atoms. The molecule has 0 spiro atoms. The zero-order chi connectivity index (χ0) is 22.3. The molecule has 2 fully saturated rings. The number of nitrogens with zero attached hydrogens (tertiary/aromatic N) is 4. The van der Waals surface area contributed by atoms with Gasteiger partial charge >= 0.3 is 0 Å². The van der Waals surface area contributed by atoms with Crippen molar-refractivity contribution in [3.05, 3.63) is 64.7 Å². The van der Waals surface area contributed by atoms with Crippen molar-refractivity contribution in [2.45, 2.75) is 37.9 Å². The predicted molar refractivity (Wildman–Crippen MR) is 119 cm³/mol. The summed E-state index contributed by atoms with van der Waals surface area (Å²) in [6, 6.07) is 15.2. The molecule has 3 aliphatic rings. The third-order valence-corrected chi connectivity index (χ3v) is 6.08. The van der Waals surface area contributed by atoms with Crippen molar-refractivity contribution < 1.29 is 19.4 Å². The first-order valence-electron chi connectivity index (χ1n) is 10.6. The van der Waals surface area contributed by atoms with Crippen LogP contribution in [0.5, 0.6) is 5.75 Å². The molecule has 2 unspecified atom stereocenters. The second kappa shape index (κ2) is 8.37. The van der Waals surface area contributed by atoms with Crippen LogP contribution in [0, 0.1) is 0 Å². The average molecular weight is 457 g/mol. The summed E-state index contributed by atoms with van der Waals surface area (Å²) < 4.78 is 11.9. The number of halogens is 1. The van der Waals surface area contributed by atoms with E-state index < -0.39 is 11.8 Å². The van der Waals surface area contributed by atoms with Crippen LogP contribution < -0.4 is 4.74 Å². The summed E-state index contributed by atoms with van der Waals surface area (Å²) in [5.74, 6) is 0.983. The summed E-state index contributed by atoms with van der Waals surface area (Å²) in [5, 5.41) is 18.3. The van der Waals surface area contributed by atoms with Crippen LogP contribution in [0.4, 0.5) is 0 Å². The zero-order valence-corrected chi connectivity index (χ0v) is 18.5. The molecule has 0 saturated carbocycles. The highest BCUT2D eigenvalue weighted by Gasteiger charge is 2.42. The van der Waals surface area contributed by atoms with Crippen LogP contribution in [-0.4, -0.2) is 70.0 Å². The van der Waals surface area contributed by atoms with E-state index in [2.05, 4.69) is 10.0 Å². The fourth-order valence-corrected chi connectivity index (χ4v) is 4.45. The van der Waals surface area contributed by atoms with Gasteiger partial charge in [-0.15, -0.1) is 5.10 Å². The SMILES string of the molecule is CC1(O)CN(Cc2ccc(OC3CCN3N3N=C(c4ccccc4)OC3C=O)c(Cl)c2)C1. The monoisotopic (exact) mass is 456 g/mol. The molecule has 1 N–H and O–H groups in total. The summed E-state index contributed by atoms with van der Waals surface area (Å²) in [6.45, 7) is 4.57. The van der Waals surface area contributed by atoms with Crippen LogP contribution in [0.2, 0.25) is 5.02 Å². The summed E-state index contributed by atoms with van der Waals surface area (Å²) in [7, 11) is 0. The molecule has 2 atom stereocenters. The van der Waals surface area contributed by atoms with Crippen LogP contribution in [0.15, 0.2) is 53.6 Å². The van der Waals surface area contributed by atoms with Crippen LogP contribution in [0.25, 0.3) is 0 Å². The molecule has 3 heterocycles. The van der Waals surface area contributed by atoms with Gasteiger partial charge in [-0.05, 0) is 36.8 Å². The van der Waals surface area contributed by atoms with Crippen molar-refractivity contribution in [2.24, 2.45) is 5.10 Å². The van der Waals surface area contributed by atoms with Gasteiger partial charge in [0.05, 0.1) is 10.6 Å². The number of benzene rings is 2. The van der Waals surface area contributed by atoms with Gasteiger partial charge in [0.25, 0.3) is 6.23 Å². The Kier molecular flexibility index (Phi) is 5.54. The smallest absolute Gasteiger partial charge is 0.260 e. The molecular formula is C23H25ClN4O4. The van der Waals surface area contributed by atoms with Gasteiger partial charge in [-0.3, -0.25) is 9.69 Å². The number of hydrazone groups is 1. The number of hydrogen-bond donors (Lipinski definition) is 1. The van der Waals surface area contributed by atoms with Crippen LogP contribution in [0.1, 0.15) is 24.5 Å². The number of aldehydes is 1. The van der Waals surface area contributed by atoms with Gasteiger partial charge in [-0.25, -0.2) is 0 Å². The standard InChI is InChI=1S/C23H25ClN4O4/c1-23(30)14-26(15-23)12-16-7-8-19(18(24)11-16)31-20-9-10-27(20)28-21(13-29)32-22(25-28)17-5-3-2-4-6-17/h2-8,11,13,20-21,30H,9-10,12,14-15H2,1H3. The molecule has 2 saturated heterocycles. The maximum atomic E-state index is 11.6. The van der Waals surface area contributed by atoms with E-state index in [1.807, 2.05) is 60.5 Å². The number of ether oxygens (including phenoxy) is 2. The highest BCUT2D eigenvalue weighted by molar-refractivity contribution is 6.32. The lowest BCUT2D eigenvalue weighted by Crippen LogP contribution is -2.60. The Morgan fingerprint density at radius 1 is 1.28 bits per heavy atom. The number of hydrazine groups is 1. The molecule has 0 radical (unpaired) electrons. The first-order valence-corrected chi connectivity index (χ1v) is 11.0. The van der Waals surface area contributed by atoms with Crippen LogP contribution in [-0.2, 0) is 16.1 Å². The number of β-amino-alcohol motifs (C(OH)–C–C–N with tert-alkyl or cyclic N) is 1. The minimum absolute atomic E-state index is 0.297. The molecule has 0 amide bonds. The van der Waals surface area contributed by atoms with E-state index in [1.165, 1.54) is 0 Å². The number of carbonyl (C=O) groups is 1. The number of hydrogen-bond acceptors (Lipinski definition) is 8. The molecule has 168 valence electrons. The van der Waals surface area contributed by atoms with Crippen molar-refractivity contribution in [3.8, 4) is 5.75 Å². The Bertz CT molecular complexity index is 1020. The zero-order valence-electron chi connectivity index (χ0n) is 17.7. The van der Waals surface area contributed by atoms with Crippen molar-refractivity contribution in [1.29, 1.82) is 0 Å². The van der Waals surface area contributed by atoms with Crippen molar-refractivity contribution in [2.75, 3.05) is 19.6 Å². The third kappa shape index (κ3) is 4.19. The molecule has 0 aromatic heterocycles. The van der Waals surface area contributed by atoms with E-state index >= 15 is 0 Å². The second-order valence-electron chi connectivity index (χ2n) is 8.67. The Balaban J connectivity index is 1.24. The molecule has 9 heteroatoms. The first-order chi connectivity index (χ1) is 15.4. The van der Waals surface area contributed by atoms with Crippen molar-refractivity contribution in [3.63, 3.8) is 0 Å². The van der Waals surface area contributed by atoms with E-state index in [0.29, 0.717) is 36.3 Å². The van der Waals surface area contributed by atoms with E-state index in [-0.39, 0.29) is 6.23 Å². The van der Waals surface area contributed by atoms with E-state index in [4.69, 9.17) is 21.1 Å². The predicted octanol–water partition coefficient (Wildman–Crippen LogP) is 2.45.